The molecule has 66 valence electrons. The SMILES string of the molecule is CC(O)C[N+](C)(C)CC=CCl. The number of quaternary nitrogens is 1. The molecule has 0 aromatic heterocycles. The van der Waals surface area contributed by atoms with Crippen molar-refractivity contribution in [1.82, 2.24) is 0 Å². The zero-order chi connectivity index (χ0) is 8.91. The first-order valence-corrected chi connectivity index (χ1v) is 4.17. The van der Waals surface area contributed by atoms with Gasteiger partial charge in [0, 0.05) is 5.54 Å². The standard InChI is InChI=1S/C8H17ClNO/c1-8(11)7-10(2,3)6-4-5-9/h4-5,8,11H,6-7H2,1-3H3/q+1. The van der Waals surface area contributed by atoms with E-state index in [0.29, 0.717) is 0 Å². The highest BCUT2D eigenvalue weighted by Crippen LogP contribution is 2.00. The first kappa shape index (κ1) is 11.0. The molecule has 0 rings (SSSR count). The van der Waals surface area contributed by atoms with E-state index in [1.54, 1.807) is 6.92 Å². The number of rotatable bonds is 4. The van der Waals surface area contributed by atoms with Gasteiger partial charge in [0.2, 0.25) is 0 Å². The van der Waals surface area contributed by atoms with Crippen LogP contribution in [0.2, 0.25) is 0 Å². The van der Waals surface area contributed by atoms with E-state index < -0.39 is 0 Å². The van der Waals surface area contributed by atoms with Crippen LogP contribution in [0.5, 0.6) is 0 Å². The normalized spacial score (nSPS) is 15.7. The molecule has 1 N–H and O–H groups in total. The van der Waals surface area contributed by atoms with Crippen molar-refractivity contribution in [3.63, 3.8) is 0 Å². The van der Waals surface area contributed by atoms with Crippen LogP contribution in [0, 0.1) is 0 Å². The molecular formula is C8H17ClNO+. The Morgan fingerprint density at radius 3 is 2.45 bits per heavy atom. The third-order valence-electron chi connectivity index (χ3n) is 1.45. The van der Waals surface area contributed by atoms with Crippen molar-refractivity contribution < 1.29 is 9.59 Å². The number of hydrogen-bond acceptors (Lipinski definition) is 1. The first-order chi connectivity index (χ1) is 4.98. The Balaban J connectivity index is 3.79. The molecule has 1 atom stereocenters. The van der Waals surface area contributed by atoms with Crippen molar-refractivity contribution in [1.29, 1.82) is 0 Å². The Kier molecular flexibility index (Phi) is 4.73. The van der Waals surface area contributed by atoms with Gasteiger partial charge < -0.3 is 9.59 Å². The molecule has 0 heterocycles. The van der Waals surface area contributed by atoms with Gasteiger partial charge in [-0.25, -0.2) is 0 Å². The summed E-state index contributed by atoms with van der Waals surface area (Å²) in [5.41, 5.74) is 1.52. The van der Waals surface area contributed by atoms with E-state index in [-0.39, 0.29) is 6.10 Å². The van der Waals surface area contributed by atoms with Crippen molar-refractivity contribution in [2.75, 3.05) is 27.2 Å². The average molecular weight is 179 g/mol. The van der Waals surface area contributed by atoms with Gasteiger partial charge in [-0.2, -0.15) is 0 Å². The highest BCUT2D eigenvalue weighted by atomic mass is 35.5. The number of aliphatic hydroxyl groups excluding tert-OH is 1. The summed E-state index contributed by atoms with van der Waals surface area (Å²) in [5.74, 6) is 0. The van der Waals surface area contributed by atoms with Crippen LogP contribution in [0.4, 0.5) is 0 Å². The largest absolute Gasteiger partial charge is 0.388 e. The quantitative estimate of drug-likeness (QED) is 0.642. The van der Waals surface area contributed by atoms with Crippen LogP contribution < -0.4 is 0 Å². The number of halogens is 1. The van der Waals surface area contributed by atoms with E-state index in [0.717, 1.165) is 17.6 Å². The van der Waals surface area contributed by atoms with Gasteiger partial charge in [0.1, 0.15) is 12.6 Å². The van der Waals surface area contributed by atoms with E-state index in [4.69, 9.17) is 16.7 Å². The van der Waals surface area contributed by atoms with Gasteiger partial charge in [0.25, 0.3) is 0 Å². The summed E-state index contributed by atoms with van der Waals surface area (Å²) in [6.07, 6.45) is 1.64. The van der Waals surface area contributed by atoms with Gasteiger partial charge in [-0.05, 0) is 13.0 Å². The van der Waals surface area contributed by atoms with Crippen molar-refractivity contribution >= 4 is 11.6 Å². The summed E-state index contributed by atoms with van der Waals surface area (Å²) >= 11 is 5.39. The van der Waals surface area contributed by atoms with Crippen LogP contribution >= 0.6 is 11.6 Å². The molecule has 0 bridgehead atoms. The van der Waals surface area contributed by atoms with Gasteiger partial charge >= 0.3 is 0 Å². The average Bonchev–Trinajstić information content (AvgIpc) is 1.81. The van der Waals surface area contributed by atoms with Gasteiger partial charge in [-0.3, -0.25) is 0 Å². The van der Waals surface area contributed by atoms with Gasteiger partial charge in [-0.15, -0.1) is 0 Å². The molecule has 0 aromatic rings. The first-order valence-electron chi connectivity index (χ1n) is 3.73. The predicted octanol–water partition coefficient (Wildman–Crippen LogP) is 1.20. The minimum atomic E-state index is -0.256. The van der Waals surface area contributed by atoms with Crippen LogP contribution in [-0.2, 0) is 0 Å². The second-order valence-corrected chi connectivity index (χ2v) is 3.76. The van der Waals surface area contributed by atoms with E-state index in [2.05, 4.69) is 14.1 Å². The lowest BCUT2D eigenvalue weighted by molar-refractivity contribution is -0.887. The summed E-state index contributed by atoms with van der Waals surface area (Å²) in [6.45, 7) is 3.40. The second-order valence-electron chi connectivity index (χ2n) is 3.51. The van der Waals surface area contributed by atoms with Crippen LogP contribution in [0.1, 0.15) is 6.92 Å². The van der Waals surface area contributed by atoms with Crippen molar-refractivity contribution in [2.45, 2.75) is 13.0 Å². The van der Waals surface area contributed by atoms with Crippen LogP contribution in [0.25, 0.3) is 0 Å². The molecule has 0 saturated heterocycles. The lowest BCUT2D eigenvalue weighted by Gasteiger charge is -2.29. The van der Waals surface area contributed by atoms with Gasteiger partial charge in [-0.1, -0.05) is 11.6 Å². The highest BCUT2D eigenvalue weighted by molar-refractivity contribution is 6.25. The monoisotopic (exact) mass is 178 g/mol. The molecule has 0 radical (unpaired) electrons. The Bertz CT molecular complexity index is 132. The van der Waals surface area contributed by atoms with E-state index >= 15 is 0 Å². The fourth-order valence-corrected chi connectivity index (χ4v) is 1.19. The molecule has 0 aliphatic heterocycles. The summed E-state index contributed by atoms with van der Waals surface area (Å²) in [7, 11) is 4.12. The number of nitrogens with zero attached hydrogens (tertiary/aromatic N) is 1. The second kappa shape index (κ2) is 4.75. The van der Waals surface area contributed by atoms with E-state index in [9.17, 15) is 0 Å². The molecule has 2 nitrogen and oxygen atoms in total. The van der Waals surface area contributed by atoms with Crippen molar-refractivity contribution in [2.24, 2.45) is 0 Å². The Morgan fingerprint density at radius 2 is 2.09 bits per heavy atom. The number of hydrogen-bond donors (Lipinski definition) is 1. The fraction of sp³-hybridized carbons (Fsp3) is 0.750. The summed E-state index contributed by atoms with van der Waals surface area (Å²) < 4.78 is 0.765. The molecule has 1 unspecified atom stereocenters. The van der Waals surface area contributed by atoms with Gasteiger partial charge in [0.05, 0.1) is 20.6 Å². The predicted molar refractivity (Wildman–Crippen MR) is 48.5 cm³/mol. The molecule has 0 aliphatic rings. The highest BCUT2D eigenvalue weighted by Gasteiger charge is 2.15. The minimum absolute atomic E-state index is 0.256. The molecule has 0 saturated carbocycles. The summed E-state index contributed by atoms with van der Waals surface area (Å²) in [5, 5.41) is 9.11. The zero-order valence-corrected chi connectivity index (χ0v) is 8.17. The molecule has 3 heteroatoms. The number of likely N-dealkylation sites (N-methyl/N-ethyl adjacent to an activating group) is 1. The zero-order valence-electron chi connectivity index (χ0n) is 7.42. The maximum absolute atomic E-state index is 9.11. The van der Waals surface area contributed by atoms with Crippen LogP contribution in [-0.4, -0.2) is 42.9 Å². The Morgan fingerprint density at radius 1 is 1.55 bits per heavy atom. The maximum atomic E-state index is 9.11. The molecule has 0 aromatic carbocycles. The lowest BCUT2D eigenvalue weighted by atomic mass is 10.3. The third-order valence-corrected chi connectivity index (χ3v) is 1.63. The molecule has 0 fully saturated rings. The topological polar surface area (TPSA) is 20.2 Å². The molecule has 0 spiro atoms. The fourth-order valence-electron chi connectivity index (χ4n) is 1.12. The third kappa shape index (κ3) is 6.35. The van der Waals surface area contributed by atoms with Crippen LogP contribution in [0.15, 0.2) is 11.6 Å². The van der Waals surface area contributed by atoms with Gasteiger partial charge in [0.15, 0.2) is 0 Å². The minimum Gasteiger partial charge on any atom is -0.388 e. The molecular weight excluding hydrogens is 162 g/mol. The maximum Gasteiger partial charge on any atom is 0.105 e. The Hall–Kier alpha value is -0.0500. The van der Waals surface area contributed by atoms with Crippen molar-refractivity contribution in [3.8, 4) is 0 Å². The smallest absolute Gasteiger partial charge is 0.105 e. The molecule has 0 aliphatic carbocycles. The summed E-state index contributed by atoms with van der Waals surface area (Å²) in [4.78, 5) is 0. The molecule has 11 heavy (non-hydrogen) atoms. The molecule has 0 amide bonds. The van der Waals surface area contributed by atoms with Crippen molar-refractivity contribution in [3.05, 3.63) is 11.6 Å². The van der Waals surface area contributed by atoms with E-state index in [1.807, 2.05) is 6.08 Å². The van der Waals surface area contributed by atoms with E-state index in [1.165, 1.54) is 5.54 Å². The number of aliphatic hydroxyl groups is 1. The summed E-state index contributed by atoms with van der Waals surface area (Å²) in [6, 6.07) is 0. The lowest BCUT2D eigenvalue weighted by Crippen LogP contribution is -2.44. The Labute approximate surface area is 73.7 Å². The van der Waals surface area contributed by atoms with Crippen LogP contribution in [0.3, 0.4) is 0 Å².